The summed E-state index contributed by atoms with van der Waals surface area (Å²) in [6.45, 7) is 3.37. The summed E-state index contributed by atoms with van der Waals surface area (Å²) in [5.41, 5.74) is 5.38. The molecule has 1 fully saturated rings. The first-order valence-corrected chi connectivity index (χ1v) is 4.34. The lowest BCUT2D eigenvalue weighted by atomic mass is 9.96. The van der Waals surface area contributed by atoms with E-state index < -0.39 is 0 Å². The van der Waals surface area contributed by atoms with Gasteiger partial charge >= 0.3 is 0 Å². The topological polar surface area (TPSA) is 38.0 Å². The van der Waals surface area contributed by atoms with E-state index >= 15 is 0 Å². The molecule has 0 bridgehead atoms. The Morgan fingerprint density at radius 1 is 1.20 bits per heavy atom. The first kappa shape index (κ1) is 8.02. The number of hydrogen-bond acceptors (Lipinski definition) is 2. The SMILES string of the molecule is NCCCCCC1CNC1. The second kappa shape index (κ2) is 4.69. The number of hydrogen-bond donors (Lipinski definition) is 2. The summed E-state index contributed by atoms with van der Waals surface area (Å²) in [6.07, 6.45) is 5.32. The van der Waals surface area contributed by atoms with Crippen molar-refractivity contribution in [1.82, 2.24) is 5.32 Å². The molecule has 0 amide bonds. The van der Waals surface area contributed by atoms with E-state index in [1.807, 2.05) is 0 Å². The summed E-state index contributed by atoms with van der Waals surface area (Å²) in [4.78, 5) is 0. The fourth-order valence-electron chi connectivity index (χ4n) is 1.31. The van der Waals surface area contributed by atoms with Crippen LogP contribution >= 0.6 is 0 Å². The zero-order valence-corrected chi connectivity index (χ0v) is 6.60. The molecule has 0 aromatic rings. The maximum atomic E-state index is 5.38. The van der Waals surface area contributed by atoms with Gasteiger partial charge in [0.1, 0.15) is 0 Å². The molecular weight excluding hydrogens is 124 g/mol. The van der Waals surface area contributed by atoms with Crippen LogP contribution in [-0.2, 0) is 0 Å². The molecule has 2 nitrogen and oxygen atoms in total. The van der Waals surface area contributed by atoms with Gasteiger partial charge in [-0.05, 0) is 38.4 Å². The Bertz CT molecular complexity index is 79.3. The molecule has 10 heavy (non-hydrogen) atoms. The minimum Gasteiger partial charge on any atom is -0.330 e. The van der Waals surface area contributed by atoms with Gasteiger partial charge in [0, 0.05) is 0 Å². The molecule has 0 saturated carbocycles. The standard InChI is InChI=1S/C8H18N2/c9-5-3-1-2-4-8-6-10-7-8/h8,10H,1-7,9H2. The van der Waals surface area contributed by atoms with Crippen molar-refractivity contribution in [3.05, 3.63) is 0 Å². The summed E-state index contributed by atoms with van der Waals surface area (Å²) in [5, 5.41) is 3.28. The van der Waals surface area contributed by atoms with Gasteiger partial charge in [0.15, 0.2) is 0 Å². The highest BCUT2D eigenvalue weighted by Crippen LogP contribution is 2.12. The lowest BCUT2D eigenvalue weighted by molar-refractivity contribution is 0.317. The molecule has 1 saturated heterocycles. The van der Waals surface area contributed by atoms with E-state index in [0.29, 0.717) is 0 Å². The van der Waals surface area contributed by atoms with Gasteiger partial charge in [0.05, 0.1) is 0 Å². The second-order valence-corrected chi connectivity index (χ2v) is 3.16. The summed E-state index contributed by atoms with van der Waals surface area (Å²) in [5.74, 6) is 0.984. The van der Waals surface area contributed by atoms with Crippen molar-refractivity contribution >= 4 is 0 Å². The van der Waals surface area contributed by atoms with Crippen LogP contribution in [0.5, 0.6) is 0 Å². The van der Waals surface area contributed by atoms with Crippen LogP contribution < -0.4 is 11.1 Å². The average molecular weight is 142 g/mol. The quantitative estimate of drug-likeness (QED) is 0.555. The van der Waals surface area contributed by atoms with Gasteiger partial charge in [-0.1, -0.05) is 12.8 Å². The lowest BCUT2D eigenvalue weighted by Crippen LogP contribution is -2.41. The normalized spacial score (nSPS) is 18.9. The van der Waals surface area contributed by atoms with Crippen molar-refractivity contribution in [2.24, 2.45) is 11.7 Å². The number of unbranched alkanes of at least 4 members (excludes halogenated alkanes) is 2. The predicted octanol–water partition coefficient (Wildman–Crippen LogP) is 0.725. The third kappa shape index (κ3) is 2.67. The third-order valence-electron chi connectivity index (χ3n) is 2.18. The molecule has 60 valence electrons. The Kier molecular flexibility index (Phi) is 3.76. The summed E-state index contributed by atoms with van der Waals surface area (Å²) in [6, 6.07) is 0. The first-order valence-electron chi connectivity index (χ1n) is 4.34. The van der Waals surface area contributed by atoms with Gasteiger partial charge in [0.2, 0.25) is 0 Å². The molecule has 0 aromatic carbocycles. The van der Waals surface area contributed by atoms with Crippen molar-refractivity contribution in [2.75, 3.05) is 19.6 Å². The van der Waals surface area contributed by atoms with E-state index in [4.69, 9.17) is 5.73 Å². The van der Waals surface area contributed by atoms with E-state index in [9.17, 15) is 0 Å². The molecule has 1 aliphatic heterocycles. The van der Waals surface area contributed by atoms with Crippen molar-refractivity contribution < 1.29 is 0 Å². The van der Waals surface area contributed by atoms with Crippen molar-refractivity contribution in [2.45, 2.75) is 25.7 Å². The predicted molar refractivity (Wildman–Crippen MR) is 43.9 cm³/mol. The number of nitrogens with one attached hydrogen (secondary N) is 1. The molecule has 0 radical (unpaired) electrons. The average Bonchev–Trinajstić information content (AvgIpc) is 1.84. The molecule has 3 N–H and O–H groups in total. The monoisotopic (exact) mass is 142 g/mol. The van der Waals surface area contributed by atoms with E-state index in [-0.39, 0.29) is 0 Å². The molecule has 0 aliphatic carbocycles. The second-order valence-electron chi connectivity index (χ2n) is 3.16. The summed E-state index contributed by atoms with van der Waals surface area (Å²) < 4.78 is 0. The fourth-order valence-corrected chi connectivity index (χ4v) is 1.31. The first-order chi connectivity index (χ1) is 4.93. The Morgan fingerprint density at radius 2 is 2.00 bits per heavy atom. The van der Waals surface area contributed by atoms with Crippen LogP contribution in [0.2, 0.25) is 0 Å². The Labute approximate surface area is 63.2 Å². The van der Waals surface area contributed by atoms with E-state index in [1.54, 1.807) is 0 Å². The number of nitrogens with two attached hydrogens (primary N) is 1. The zero-order chi connectivity index (χ0) is 7.23. The minimum atomic E-state index is 0.864. The molecule has 0 aromatic heterocycles. The van der Waals surface area contributed by atoms with Gasteiger partial charge in [0.25, 0.3) is 0 Å². The maximum Gasteiger partial charge on any atom is -0.000826 e. The van der Waals surface area contributed by atoms with Gasteiger partial charge in [-0.15, -0.1) is 0 Å². The van der Waals surface area contributed by atoms with Crippen LogP contribution in [0.1, 0.15) is 25.7 Å². The molecule has 1 rings (SSSR count). The van der Waals surface area contributed by atoms with E-state index in [2.05, 4.69) is 5.32 Å². The largest absolute Gasteiger partial charge is 0.330 e. The molecule has 2 heteroatoms. The summed E-state index contributed by atoms with van der Waals surface area (Å²) >= 11 is 0. The van der Waals surface area contributed by atoms with Gasteiger partial charge < -0.3 is 11.1 Å². The van der Waals surface area contributed by atoms with Gasteiger partial charge in [-0.3, -0.25) is 0 Å². The van der Waals surface area contributed by atoms with Crippen LogP contribution in [0.3, 0.4) is 0 Å². The molecule has 0 unspecified atom stereocenters. The Balaban J connectivity index is 1.76. The lowest BCUT2D eigenvalue weighted by Gasteiger charge is -2.26. The van der Waals surface area contributed by atoms with Crippen LogP contribution in [0.15, 0.2) is 0 Å². The third-order valence-corrected chi connectivity index (χ3v) is 2.18. The van der Waals surface area contributed by atoms with Crippen molar-refractivity contribution in [3.8, 4) is 0 Å². The smallest absolute Gasteiger partial charge is 0.000826 e. The summed E-state index contributed by atoms with van der Waals surface area (Å²) in [7, 11) is 0. The molecule has 1 heterocycles. The van der Waals surface area contributed by atoms with Crippen molar-refractivity contribution in [3.63, 3.8) is 0 Å². The van der Waals surface area contributed by atoms with Crippen molar-refractivity contribution in [1.29, 1.82) is 0 Å². The molecular formula is C8H18N2. The highest BCUT2D eigenvalue weighted by molar-refractivity contribution is 4.73. The van der Waals surface area contributed by atoms with E-state index in [1.165, 1.54) is 38.8 Å². The van der Waals surface area contributed by atoms with Crippen LogP contribution in [-0.4, -0.2) is 19.6 Å². The highest BCUT2D eigenvalue weighted by atomic mass is 14.9. The van der Waals surface area contributed by atoms with Crippen LogP contribution in [0.25, 0.3) is 0 Å². The number of rotatable bonds is 5. The van der Waals surface area contributed by atoms with Gasteiger partial charge in [-0.2, -0.15) is 0 Å². The van der Waals surface area contributed by atoms with Gasteiger partial charge in [-0.25, -0.2) is 0 Å². The molecule has 0 atom stereocenters. The minimum absolute atomic E-state index is 0.864. The maximum absolute atomic E-state index is 5.38. The van der Waals surface area contributed by atoms with Crippen LogP contribution in [0, 0.1) is 5.92 Å². The van der Waals surface area contributed by atoms with E-state index in [0.717, 1.165) is 12.5 Å². The zero-order valence-electron chi connectivity index (χ0n) is 6.60. The molecule has 1 aliphatic rings. The fraction of sp³-hybridized carbons (Fsp3) is 1.00. The Morgan fingerprint density at radius 3 is 2.50 bits per heavy atom. The highest BCUT2D eigenvalue weighted by Gasteiger charge is 2.14. The van der Waals surface area contributed by atoms with Crippen LogP contribution in [0.4, 0.5) is 0 Å². The molecule has 0 spiro atoms. The Hall–Kier alpha value is -0.0800.